The molecule has 256 valence electrons. The van der Waals surface area contributed by atoms with Crippen molar-refractivity contribution in [2.24, 2.45) is 9.98 Å². The monoisotopic (exact) mass is 655 g/mol. The fraction of sp³-hybridized carbons (Fsp3) is 0.381. The van der Waals surface area contributed by atoms with Crippen molar-refractivity contribution in [2.45, 2.75) is 66.5 Å². The van der Waals surface area contributed by atoms with Gasteiger partial charge in [0, 0.05) is 66.0 Å². The van der Waals surface area contributed by atoms with Gasteiger partial charge in [-0.2, -0.15) is 0 Å². The molecule has 0 aliphatic carbocycles. The molecule has 0 saturated carbocycles. The third-order valence-corrected chi connectivity index (χ3v) is 9.64. The van der Waals surface area contributed by atoms with Crippen molar-refractivity contribution >= 4 is 23.5 Å². The van der Waals surface area contributed by atoms with E-state index in [0.717, 1.165) is 96.8 Å². The van der Waals surface area contributed by atoms with Crippen LogP contribution in [0.5, 0.6) is 0 Å². The topological polar surface area (TPSA) is 61.9 Å². The quantitative estimate of drug-likeness (QED) is 0.0940. The number of rotatable bonds is 17. The molecular weight excluding hydrogens is 603 g/mol. The second kappa shape index (κ2) is 17.8. The maximum absolute atomic E-state index is 5.16. The smallest absolute Gasteiger partial charge is 0.162 e. The highest BCUT2D eigenvalue weighted by Gasteiger charge is 2.16. The van der Waals surface area contributed by atoms with Crippen molar-refractivity contribution in [3.63, 3.8) is 0 Å². The molecule has 0 aliphatic heterocycles. The SMILES string of the molecule is CCN(CC)C(C)CCN=Cc1ccc(-c2nc(-c3ccc(C=NCCC(C)N(CC)CC)cc3)c3ccn(-c4ccccc4)c3n2)cc1. The molecule has 5 aromatic rings. The van der Waals surface area contributed by atoms with Crippen molar-refractivity contribution < 1.29 is 0 Å². The van der Waals surface area contributed by atoms with Gasteiger partial charge in [-0.05, 0) is 82.2 Å². The number of fused-ring (bicyclic) bond motifs is 1. The Kier molecular flexibility index (Phi) is 13.0. The van der Waals surface area contributed by atoms with Crippen molar-refractivity contribution in [3.8, 4) is 28.3 Å². The van der Waals surface area contributed by atoms with Gasteiger partial charge in [0.2, 0.25) is 0 Å². The summed E-state index contributed by atoms with van der Waals surface area (Å²) in [6.07, 6.45) is 8.16. The van der Waals surface area contributed by atoms with Gasteiger partial charge in [0.1, 0.15) is 5.65 Å². The highest BCUT2D eigenvalue weighted by atomic mass is 15.1. The predicted molar refractivity (Wildman–Crippen MR) is 209 cm³/mol. The lowest BCUT2D eigenvalue weighted by molar-refractivity contribution is 0.223. The summed E-state index contributed by atoms with van der Waals surface area (Å²) in [4.78, 5) is 24.7. The lowest BCUT2D eigenvalue weighted by Crippen LogP contribution is -2.33. The maximum Gasteiger partial charge on any atom is 0.162 e. The van der Waals surface area contributed by atoms with Crippen LogP contribution in [0.25, 0.3) is 39.4 Å². The lowest BCUT2D eigenvalue weighted by Gasteiger charge is -2.25. The lowest BCUT2D eigenvalue weighted by atomic mass is 10.1. The van der Waals surface area contributed by atoms with E-state index in [9.17, 15) is 0 Å². The van der Waals surface area contributed by atoms with Gasteiger partial charge in [-0.1, -0.05) is 94.4 Å². The van der Waals surface area contributed by atoms with Crippen molar-refractivity contribution in [2.75, 3.05) is 39.3 Å². The zero-order valence-corrected chi connectivity index (χ0v) is 30.3. The Morgan fingerprint density at radius 1 is 0.633 bits per heavy atom. The van der Waals surface area contributed by atoms with Crippen LogP contribution in [0.2, 0.25) is 0 Å². The number of aliphatic imine (C=N–C) groups is 2. The van der Waals surface area contributed by atoms with Crippen LogP contribution in [0.15, 0.2) is 101 Å². The van der Waals surface area contributed by atoms with Crippen LogP contribution in [-0.2, 0) is 0 Å². The van der Waals surface area contributed by atoms with Gasteiger partial charge >= 0.3 is 0 Å². The molecule has 0 spiro atoms. The van der Waals surface area contributed by atoms with Gasteiger partial charge in [0.05, 0.1) is 5.69 Å². The average molecular weight is 656 g/mol. The minimum atomic E-state index is 0.534. The van der Waals surface area contributed by atoms with E-state index in [4.69, 9.17) is 20.0 Å². The minimum Gasteiger partial charge on any atom is -0.301 e. The van der Waals surface area contributed by atoms with Crippen LogP contribution in [0, 0.1) is 0 Å². The van der Waals surface area contributed by atoms with Crippen LogP contribution < -0.4 is 0 Å². The molecule has 2 aromatic heterocycles. The Bertz CT molecular complexity index is 1780. The summed E-state index contributed by atoms with van der Waals surface area (Å²) < 4.78 is 2.14. The number of aromatic nitrogens is 3. The van der Waals surface area contributed by atoms with Crippen LogP contribution in [-0.4, -0.2) is 88.1 Å². The fourth-order valence-corrected chi connectivity index (χ4v) is 6.53. The van der Waals surface area contributed by atoms with Crippen molar-refractivity contribution in [1.82, 2.24) is 24.3 Å². The number of nitrogens with zero attached hydrogens (tertiary/aromatic N) is 7. The second-order valence-corrected chi connectivity index (χ2v) is 12.7. The van der Waals surface area contributed by atoms with Gasteiger partial charge in [0.25, 0.3) is 0 Å². The van der Waals surface area contributed by atoms with Gasteiger partial charge in [-0.15, -0.1) is 0 Å². The highest BCUT2D eigenvalue weighted by Crippen LogP contribution is 2.31. The molecule has 2 heterocycles. The molecule has 0 fully saturated rings. The third kappa shape index (κ3) is 9.17. The summed E-state index contributed by atoms with van der Waals surface area (Å²) in [5.41, 5.74) is 7.05. The Hall–Kier alpha value is -4.46. The van der Waals surface area contributed by atoms with E-state index in [0.29, 0.717) is 17.9 Å². The molecule has 7 nitrogen and oxygen atoms in total. The first-order valence-corrected chi connectivity index (χ1v) is 18.1. The highest BCUT2D eigenvalue weighted by molar-refractivity contribution is 5.94. The number of benzene rings is 3. The molecule has 0 amide bonds. The molecule has 3 aromatic carbocycles. The van der Waals surface area contributed by atoms with Crippen LogP contribution in [0.3, 0.4) is 0 Å². The van der Waals surface area contributed by atoms with Gasteiger partial charge < -0.3 is 14.4 Å². The number of hydrogen-bond acceptors (Lipinski definition) is 6. The summed E-state index contributed by atoms with van der Waals surface area (Å²) in [7, 11) is 0. The summed E-state index contributed by atoms with van der Waals surface area (Å²) >= 11 is 0. The zero-order chi connectivity index (χ0) is 34.6. The molecule has 5 rings (SSSR count). The van der Waals surface area contributed by atoms with E-state index in [-0.39, 0.29) is 0 Å². The Balaban J connectivity index is 1.38. The molecular formula is C42H53N7. The Morgan fingerprint density at radius 3 is 1.65 bits per heavy atom. The first kappa shape index (κ1) is 35.8. The van der Waals surface area contributed by atoms with E-state index in [1.807, 2.05) is 18.5 Å². The van der Waals surface area contributed by atoms with Crippen molar-refractivity contribution in [3.05, 3.63) is 102 Å². The standard InChI is InChI=1S/C42H53N7/c1-7-47(8-2)32(5)24-27-43-30-34-16-20-36(21-17-34)40-39-26-29-49(38-14-12-11-13-15-38)42(39)46-41(45-40)37-22-18-35(19-23-37)31-44-28-25-33(6)48(9-3)10-4/h11-23,26,29-33H,7-10,24-25,27-28H2,1-6H3. The third-order valence-electron chi connectivity index (χ3n) is 9.64. The number of hydrogen-bond donors (Lipinski definition) is 0. The Labute approximate surface area is 293 Å². The number of para-hydroxylation sites is 1. The van der Waals surface area contributed by atoms with E-state index in [2.05, 4.69) is 141 Å². The van der Waals surface area contributed by atoms with E-state index >= 15 is 0 Å². The van der Waals surface area contributed by atoms with Gasteiger partial charge in [-0.25, -0.2) is 9.97 Å². The fourth-order valence-electron chi connectivity index (χ4n) is 6.53. The van der Waals surface area contributed by atoms with Crippen LogP contribution >= 0.6 is 0 Å². The molecule has 0 saturated heterocycles. The van der Waals surface area contributed by atoms with E-state index in [1.54, 1.807) is 0 Å². The molecule has 0 radical (unpaired) electrons. The van der Waals surface area contributed by atoms with E-state index in [1.165, 1.54) is 0 Å². The summed E-state index contributed by atoms with van der Waals surface area (Å²) in [6.45, 7) is 19.4. The molecule has 49 heavy (non-hydrogen) atoms. The first-order valence-electron chi connectivity index (χ1n) is 18.1. The van der Waals surface area contributed by atoms with Crippen LogP contribution in [0.1, 0.15) is 65.5 Å². The molecule has 0 aliphatic rings. The molecule has 7 heteroatoms. The second-order valence-electron chi connectivity index (χ2n) is 12.7. The van der Waals surface area contributed by atoms with E-state index < -0.39 is 0 Å². The summed E-state index contributed by atoms with van der Waals surface area (Å²) in [6, 6.07) is 30.5. The molecule has 0 N–H and O–H groups in total. The minimum absolute atomic E-state index is 0.534. The maximum atomic E-state index is 5.16. The van der Waals surface area contributed by atoms with Crippen molar-refractivity contribution in [1.29, 1.82) is 0 Å². The average Bonchev–Trinajstić information content (AvgIpc) is 3.58. The predicted octanol–water partition coefficient (Wildman–Crippen LogP) is 8.83. The molecule has 2 atom stereocenters. The normalized spacial score (nSPS) is 13.4. The first-order chi connectivity index (χ1) is 23.9. The zero-order valence-electron chi connectivity index (χ0n) is 30.3. The Morgan fingerprint density at radius 2 is 1.14 bits per heavy atom. The van der Waals surface area contributed by atoms with Gasteiger partial charge in [-0.3, -0.25) is 9.98 Å². The largest absolute Gasteiger partial charge is 0.301 e. The molecule has 0 bridgehead atoms. The van der Waals surface area contributed by atoms with Crippen LogP contribution in [0.4, 0.5) is 0 Å². The van der Waals surface area contributed by atoms with Gasteiger partial charge in [0.15, 0.2) is 5.82 Å². The summed E-state index contributed by atoms with van der Waals surface area (Å²) in [5.74, 6) is 0.697. The molecule has 2 unspecified atom stereocenters. The summed E-state index contributed by atoms with van der Waals surface area (Å²) in [5, 5.41) is 1.02.